The first kappa shape index (κ1) is 22.5. The van der Waals surface area contributed by atoms with E-state index >= 15 is 0 Å². The van der Waals surface area contributed by atoms with Crippen molar-refractivity contribution in [2.24, 2.45) is 0 Å². The maximum atomic E-state index is 12.8. The first-order valence-electron chi connectivity index (χ1n) is 10.8. The molecule has 2 aliphatic rings. The van der Waals surface area contributed by atoms with Gasteiger partial charge >= 0.3 is 0 Å². The molecule has 2 heterocycles. The van der Waals surface area contributed by atoms with Crippen LogP contribution in [0.25, 0.3) is 0 Å². The van der Waals surface area contributed by atoms with E-state index in [1.807, 2.05) is 30.3 Å². The predicted octanol–water partition coefficient (Wildman–Crippen LogP) is 2.84. The monoisotopic (exact) mass is 460 g/mol. The number of nitrogens with one attached hydrogen (secondary N) is 1. The second kappa shape index (κ2) is 9.85. The number of nitrogens with zero attached hydrogens (tertiary/aromatic N) is 3. The quantitative estimate of drug-likeness (QED) is 0.477. The van der Waals surface area contributed by atoms with E-state index in [0.29, 0.717) is 38.4 Å². The number of nitro benzene ring substituents is 1. The van der Waals surface area contributed by atoms with Gasteiger partial charge in [-0.15, -0.1) is 0 Å². The fraction of sp³-hybridized carbons (Fsp3) is 0.455. The molecule has 10 heteroatoms. The molecule has 0 bridgehead atoms. The largest absolute Gasteiger partial charge is 0.377 e. The highest BCUT2D eigenvalue weighted by Crippen LogP contribution is 2.31. The molecule has 2 aromatic carbocycles. The van der Waals surface area contributed by atoms with E-state index in [9.17, 15) is 18.5 Å². The summed E-state index contributed by atoms with van der Waals surface area (Å²) in [6.07, 6.45) is 2.02. The Morgan fingerprint density at radius 3 is 2.50 bits per heavy atom. The minimum absolute atomic E-state index is 0.0112. The van der Waals surface area contributed by atoms with Gasteiger partial charge in [0.05, 0.1) is 16.8 Å². The molecule has 32 heavy (non-hydrogen) atoms. The summed E-state index contributed by atoms with van der Waals surface area (Å²) in [6.45, 7) is 3.06. The summed E-state index contributed by atoms with van der Waals surface area (Å²) < 4.78 is 32.7. The van der Waals surface area contributed by atoms with Gasteiger partial charge in [0.1, 0.15) is 5.69 Å². The van der Waals surface area contributed by atoms with Crippen molar-refractivity contribution in [3.8, 4) is 0 Å². The molecule has 4 rings (SSSR count). The van der Waals surface area contributed by atoms with Gasteiger partial charge in [0.15, 0.2) is 0 Å². The number of piperazine rings is 1. The fourth-order valence-corrected chi connectivity index (χ4v) is 5.67. The molecule has 0 radical (unpaired) electrons. The summed E-state index contributed by atoms with van der Waals surface area (Å²) in [6, 6.07) is 14.2. The van der Waals surface area contributed by atoms with Crippen LogP contribution in [0.4, 0.5) is 17.1 Å². The third-order valence-corrected chi connectivity index (χ3v) is 7.76. The summed E-state index contributed by atoms with van der Waals surface area (Å²) in [4.78, 5) is 13.1. The molecular formula is C22H28N4O5S. The van der Waals surface area contributed by atoms with Crippen LogP contribution in [-0.4, -0.2) is 63.1 Å². The topological polar surface area (TPSA) is 105 Å². The highest BCUT2D eigenvalue weighted by Gasteiger charge is 2.28. The molecule has 2 aliphatic heterocycles. The lowest BCUT2D eigenvalue weighted by Gasteiger charge is -2.35. The number of ether oxygens (including phenoxy) is 1. The fourth-order valence-electron chi connectivity index (χ4n) is 4.15. The Balaban J connectivity index is 1.41. The van der Waals surface area contributed by atoms with Gasteiger partial charge in [-0.2, -0.15) is 4.31 Å². The molecule has 2 saturated heterocycles. The van der Waals surface area contributed by atoms with Crippen LogP contribution < -0.4 is 10.2 Å². The lowest BCUT2D eigenvalue weighted by Crippen LogP contribution is -2.49. The normalized spacial score (nSPS) is 19.8. The zero-order valence-corrected chi connectivity index (χ0v) is 18.7. The highest BCUT2D eigenvalue weighted by atomic mass is 32.2. The van der Waals surface area contributed by atoms with Crippen LogP contribution in [0.5, 0.6) is 0 Å². The Morgan fingerprint density at radius 2 is 1.84 bits per heavy atom. The minimum Gasteiger partial charge on any atom is -0.377 e. The Morgan fingerprint density at radius 1 is 1.09 bits per heavy atom. The molecule has 0 aliphatic carbocycles. The standard InChI is InChI=1S/C22H28N4O5S/c27-26(28)22-9-8-19(15-21(22)23-16-20-7-4-14-31-20)24-10-12-25(13-11-24)32(29,30)17-18-5-2-1-3-6-18/h1-3,5-6,8-9,15,20,23H,4,7,10-14,16-17H2/t20-/m0/s1. The van der Waals surface area contributed by atoms with Crippen molar-refractivity contribution >= 4 is 27.1 Å². The summed E-state index contributed by atoms with van der Waals surface area (Å²) in [5.74, 6) is -0.0112. The van der Waals surface area contributed by atoms with E-state index in [-0.39, 0.29) is 17.5 Å². The molecule has 9 nitrogen and oxygen atoms in total. The molecule has 2 fully saturated rings. The van der Waals surface area contributed by atoms with E-state index in [1.165, 1.54) is 10.4 Å². The van der Waals surface area contributed by atoms with Crippen LogP contribution in [0, 0.1) is 10.1 Å². The van der Waals surface area contributed by atoms with E-state index in [0.717, 1.165) is 30.7 Å². The molecular weight excluding hydrogens is 432 g/mol. The van der Waals surface area contributed by atoms with Gasteiger partial charge in [0, 0.05) is 51.1 Å². The number of hydrogen-bond donors (Lipinski definition) is 1. The molecule has 0 saturated carbocycles. The zero-order valence-electron chi connectivity index (χ0n) is 17.9. The van der Waals surface area contributed by atoms with Crippen LogP contribution in [0.2, 0.25) is 0 Å². The van der Waals surface area contributed by atoms with Gasteiger partial charge in [-0.25, -0.2) is 8.42 Å². The zero-order chi connectivity index (χ0) is 22.6. The number of rotatable bonds is 8. The number of nitro groups is 1. The van der Waals surface area contributed by atoms with Gasteiger partial charge in [0.2, 0.25) is 10.0 Å². The van der Waals surface area contributed by atoms with Crippen LogP contribution in [0.1, 0.15) is 18.4 Å². The first-order chi connectivity index (χ1) is 15.4. The van der Waals surface area contributed by atoms with Crippen molar-refractivity contribution < 1.29 is 18.1 Å². The van der Waals surface area contributed by atoms with Gasteiger partial charge in [0.25, 0.3) is 5.69 Å². The van der Waals surface area contributed by atoms with Crippen molar-refractivity contribution in [1.29, 1.82) is 0 Å². The Labute approximate surface area is 188 Å². The molecule has 1 N–H and O–H groups in total. The number of benzene rings is 2. The van der Waals surface area contributed by atoms with Crippen molar-refractivity contribution in [3.05, 3.63) is 64.2 Å². The van der Waals surface area contributed by atoms with E-state index in [1.54, 1.807) is 12.1 Å². The van der Waals surface area contributed by atoms with Crippen LogP contribution in [-0.2, 0) is 20.5 Å². The van der Waals surface area contributed by atoms with E-state index in [2.05, 4.69) is 10.2 Å². The average molecular weight is 461 g/mol. The van der Waals surface area contributed by atoms with Crippen molar-refractivity contribution in [1.82, 2.24) is 4.31 Å². The number of hydrogen-bond acceptors (Lipinski definition) is 7. The van der Waals surface area contributed by atoms with Crippen LogP contribution in [0.3, 0.4) is 0 Å². The second-order valence-electron chi connectivity index (χ2n) is 8.10. The number of anilines is 2. The smallest absolute Gasteiger partial charge is 0.292 e. The molecule has 172 valence electrons. The van der Waals surface area contributed by atoms with Crippen molar-refractivity contribution in [2.45, 2.75) is 24.7 Å². The molecule has 0 amide bonds. The first-order valence-corrected chi connectivity index (χ1v) is 12.4. The summed E-state index contributed by atoms with van der Waals surface area (Å²) >= 11 is 0. The van der Waals surface area contributed by atoms with Crippen molar-refractivity contribution in [2.75, 3.05) is 49.5 Å². The molecule has 0 spiro atoms. The average Bonchev–Trinajstić information content (AvgIpc) is 3.32. The maximum absolute atomic E-state index is 12.8. The van der Waals surface area contributed by atoms with Gasteiger partial charge in [-0.1, -0.05) is 30.3 Å². The third kappa shape index (κ3) is 5.37. The second-order valence-corrected chi connectivity index (χ2v) is 10.1. The summed E-state index contributed by atoms with van der Waals surface area (Å²) in [7, 11) is -3.40. The predicted molar refractivity (Wildman–Crippen MR) is 123 cm³/mol. The molecule has 1 atom stereocenters. The van der Waals surface area contributed by atoms with E-state index in [4.69, 9.17) is 4.74 Å². The maximum Gasteiger partial charge on any atom is 0.292 e. The lowest BCUT2D eigenvalue weighted by molar-refractivity contribution is -0.383. The Hall–Kier alpha value is -2.69. The summed E-state index contributed by atoms with van der Waals surface area (Å²) in [5, 5.41) is 14.6. The molecule has 2 aromatic rings. The van der Waals surface area contributed by atoms with Crippen LogP contribution >= 0.6 is 0 Å². The highest BCUT2D eigenvalue weighted by molar-refractivity contribution is 7.88. The van der Waals surface area contributed by atoms with Crippen molar-refractivity contribution in [3.63, 3.8) is 0 Å². The summed E-state index contributed by atoms with van der Waals surface area (Å²) in [5.41, 5.74) is 2.09. The minimum atomic E-state index is -3.40. The van der Waals surface area contributed by atoms with Gasteiger partial charge in [-0.05, 0) is 30.5 Å². The SMILES string of the molecule is O=[N+]([O-])c1ccc(N2CCN(S(=O)(=O)Cc3ccccc3)CC2)cc1NC[C@@H]1CCCO1. The molecule has 0 unspecified atom stereocenters. The van der Waals surface area contributed by atoms with Gasteiger partial charge < -0.3 is 15.0 Å². The molecule has 0 aromatic heterocycles. The number of sulfonamides is 1. The third-order valence-electron chi connectivity index (χ3n) is 5.91. The lowest BCUT2D eigenvalue weighted by atomic mass is 10.2. The Kier molecular flexibility index (Phi) is 6.92. The van der Waals surface area contributed by atoms with E-state index < -0.39 is 14.9 Å². The Bertz CT molecular complexity index is 1030. The van der Waals surface area contributed by atoms with Crippen LogP contribution in [0.15, 0.2) is 48.5 Å². The van der Waals surface area contributed by atoms with Gasteiger partial charge in [-0.3, -0.25) is 10.1 Å².